The molecule has 0 amide bonds. The van der Waals surface area contributed by atoms with Crippen molar-refractivity contribution in [3.8, 4) is 12.1 Å². The van der Waals surface area contributed by atoms with E-state index in [1.807, 2.05) is 48.5 Å². The molecular formula is C22H17N3. The van der Waals surface area contributed by atoms with Gasteiger partial charge in [0.1, 0.15) is 6.04 Å². The predicted octanol–water partition coefficient (Wildman–Crippen LogP) is 4.50. The second-order valence-corrected chi connectivity index (χ2v) is 5.72. The standard InChI is InChI=1S/C22H17N3/c23-15-17-11-13-18(14-12-17)21(16-24)25-22(19-7-3-1-4-8-19)20-9-5-2-6-10-20/h1-14,21-22,25H/t21-/m0/s1. The smallest absolute Gasteiger partial charge is 0.122 e. The largest absolute Gasteiger partial charge is 0.287 e. The van der Waals surface area contributed by atoms with Gasteiger partial charge in [0, 0.05) is 0 Å². The molecule has 0 fully saturated rings. The third-order valence-corrected chi connectivity index (χ3v) is 4.10. The molecule has 0 aromatic heterocycles. The zero-order valence-corrected chi connectivity index (χ0v) is 13.6. The van der Waals surface area contributed by atoms with Gasteiger partial charge >= 0.3 is 0 Å². The van der Waals surface area contributed by atoms with Gasteiger partial charge in [0.25, 0.3) is 0 Å². The van der Waals surface area contributed by atoms with Gasteiger partial charge in [-0.3, -0.25) is 5.32 Å². The molecule has 3 rings (SSSR count). The Morgan fingerprint density at radius 2 is 1.16 bits per heavy atom. The van der Waals surface area contributed by atoms with E-state index in [-0.39, 0.29) is 6.04 Å². The molecule has 3 aromatic carbocycles. The van der Waals surface area contributed by atoms with Gasteiger partial charge in [0.15, 0.2) is 0 Å². The van der Waals surface area contributed by atoms with Gasteiger partial charge in [0.05, 0.1) is 23.7 Å². The first-order valence-electron chi connectivity index (χ1n) is 8.07. The van der Waals surface area contributed by atoms with E-state index in [0.717, 1.165) is 16.7 Å². The van der Waals surface area contributed by atoms with Crippen molar-refractivity contribution in [3.05, 3.63) is 107 Å². The first-order valence-corrected chi connectivity index (χ1v) is 8.07. The van der Waals surface area contributed by atoms with E-state index >= 15 is 0 Å². The number of hydrogen-bond acceptors (Lipinski definition) is 3. The third-order valence-electron chi connectivity index (χ3n) is 4.10. The van der Waals surface area contributed by atoms with Gasteiger partial charge in [-0.2, -0.15) is 10.5 Å². The second-order valence-electron chi connectivity index (χ2n) is 5.72. The quantitative estimate of drug-likeness (QED) is 0.752. The Labute approximate surface area is 147 Å². The predicted molar refractivity (Wildman–Crippen MR) is 97.4 cm³/mol. The summed E-state index contributed by atoms with van der Waals surface area (Å²) < 4.78 is 0. The summed E-state index contributed by atoms with van der Waals surface area (Å²) in [5.41, 5.74) is 3.63. The lowest BCUT2D eigenvalue weighted by atomic mass is 9.96. The van der Waals surface area contributed by atoms with Crippen molar-refractivity contribution in [1.29, 1.82) is 10.5 Å². The molecule has 0 saturated carbocycles. The zero-order chi connectivity index (χ0) is 17.5. The highest BCUT2D eigenvalue weighted by Gasteiger charge is 2.19. The van der Waals surface area contributed by atoms with Crippen LogP contribution in [0.5, 0.6) is 0 Å². The van der Waals surface area contributed by atoms with Crippen molar-refractivity contribution in [2.45, 2.75) is 12.1 Å². The van der Waals surface area contributed by atoms with Crippen molar-refractivity contribution >= 4 is 0 Å². The number of rotatable bonds is 5. The molecule has 0 aliphatic heterocycles. The molecular weight excluding hydrogens is 306 g/mol. The zero-order valence-electron chi connectivity index (χ0n) is 13.6. The van der Waals surface area contributed by atoms with Gasteiger partial charge in [-0.25, -0.2) is 0 Å². The molecule has 0 aliphatic carbocycles. The highest BCUT2D eigenvalue weighted by atomic mass is 15.0. The lowest BCUT2D eigenvalue weighted by molar-refractivity contribution is 0.559. The Hall–Kier alpha value is -3.40. The van der Waals surface area contributed by atoms with Gasteiger partial charge in [-0.15, -0.1) is 0 Å². The van der Waals surface area contributed by atoms with Crippen LogP contribution >= 0.6 is 0 Å². The highest BCUT2D eigenvalue weighted by Crippen LogP contribution is 2.26. The molecule has 120 valence electrons. The molecule has 3 aromatic rings. The minimum atomic E-state index is -0.474. The Kier molecular flexibility index (Phi) is 5.22. The topological polar surface area (TPSA) is 59.6 Å². The van der Waals surface area contributed by atoms with Crippen molar-refractivity contribution < 1.29 is 0 Å². The molecule has 0 unspecified atom stereocenters. The number of benzene rings is 3. The van der Waals surface area contributed by atoms with Gasteiger partial charge < -0.3 is 0 Å². The fourth-order valence-corrected chi connectivity index (χ4v) is 2.80. The van der Waals surface area contributed by atoms with Crippen LogP contribution in [0.25, 0.3) is 0 Å². The molecule has 0 bridgehead atoms. The van der Waals surface area contributed by atoms with E-state index in [0.29, 0.717) is 5.56 Å². The molecule has 3 nitrogen and oxygen atoms in total. The fraction of sp³-hybridized carbons (Fsp3) is 0.0909. The summed E-state index contributed by atoms with van der Waals surface area (Å²) in [6.07, 6.45) is 0. The van der Waals surface area contributed by atoms with Crippen molar-refractivity contribution in [3.63, 3.8) is 0 Å². The molecule has 1 N–H and O–H groups in total. The van der Waals surface area contributed by atoms with Crippen LogP contribution in [0.4, 0.5) is 0 Å². The molecule has 25 heavy (non-hydrogen) atoms. The van der Waals surface area contributed by atoms with Crippen LogP contribution in [-0.4, -0.2) is 0 Å². The second kappa shape index (κ2) is 7.93. The molecule has 0 heterocycles. The molecule has 1 atom stereocenters. The minimum absolute atomic E-state index is 0.0947. The first kappa shape index (κ1) is 16.5. The average molecular weight is 323 g/mol. The summed E-state index contributed by atoms with van der Waals surface area (Å²) in [6.45, 7) is 0. The number of nitrogens with zero attached hydrogens (tertiary/aromatic N) is 2. The van der Waals surface area contributed by atoms with E-state index < -0.39 is 6.04 Å². The monoisotopic (exact) mass is 323 g/mol. The maximum Gasteiger partial charge on any atom is 0.122 e. The van der Waals surface area contributed by atoms with Gasteiger partial charge in [-0.05, 0) is 28.8 Å². The number of hydrogen-bond donors (Lipinski definition) is 1. The summed E-state index contributed by atoms with van der Waals surface area (Å²) in [5, 5.41) is 22.1. The van der Waals surface area contributed by atoms with Crippen LogP contribution in [0.1, 0.15) is 34.3 Å². The van der Waals surface area contributed by atoms with Crippen LogP contribution in [0, 0.1) is 22.7 Å². The van der Waals surface area contributed by atoms with Crippen molar-refractivity contribution in [1.82, 2.24) is 5.32 Å². The molecule has 0 saturated heterocycles. The van der Waals surface area contributed by atoms with Crippen LogP contribution < -0.4 is 5.32 Å². The summed E-state index contributed by atoms with van der Waals surface area (Å²) in [7, 11) is 0. The Morgan fingerprint density at radius 1 is 0.640 bits per heavy atom. The maximum atomic E-state index is 9.67. The molecule has 0 spiro atoms. The fourth-order valence-electron chi connectivity index (χ4n) is 2.80. The van der Waals surface area contributed by atoms with E-state index in [1.54, 1.807) is 12.1 Å². The van der Waals surface area contributed by atoms with Crippen molar-refractivity contribution in [2.75, 3.05) is 0 Å². The maximum absolute atomic E-state index is 9.67. The van der Waals surface area contributed by atoms with Crippen molar-refractivity contribution in [2.24, 2.45) is 0 Å². The van der Waals surface area contributed by atoms with Crippen LogP contribution in [0.15, 0.2) is 84.9 Å². The summed E-state index contributed by atoms with van der Waals surface area (Å²) >= 11 is 0. The lowest BCUT2D eigenvalue weighted by Gasteiger charge is -2.23. The number of nitrogens with one attached hydrogen (secondary N) is 1. The Bertz CT molecular complexity index is 849. The Balaban J connectivity index is 1.93. The average Bonchev–Trinajstić information content (AvgIpc) is 2.70. The van der Waals surface area contributed by atoms with Gasteiger partial charge in [-0.1, -0.05) is 72.8 Å². The summed E-state index contributed by atoms with van der Waals surface area (Å²) in [6, 6.07) is 31.1. The highest BCUT2D eigenvalue weighted by molar-refractivity contribution is 5.37. The van der Waals surface area contributed by atoms with Crippen LogP contribution in [0.3, 0.4) is 0 Å². The normalized spacial score (nSPS) is 11.5. The SMILES string of the molecule is N#Cc1ccc([C@H](C#N)NC(c2ccccc2)c2ccccc2)cc1. The van der Waals surface area contributed by atoms with Gasteiger partial charge in [0.2, 0.25) is 0 Å². The molecule has 0 radical (unpaired) electrons. The first-order chi connectivity index (χ1) is 12.3. The molecule has 0 aliphatic rings. The number of nitriles is 2. The summed E-state index contributed by atoms with van der Waals surface area (Å²) in [4.78, 5) is 0. The van der Waals surface area contributed by atoms with E-state index in [1.165, 1.54) is 0 Å². The third kappa shape index (κ3) is 3.93. The summed E-state index contributed by atoms with van der Waals surface area (Å²) in [5.74, 6) is 0. The lowest BCUT2D eigenvalue weighted by Crippen LogP contribution is -2.26. The van der Waals surface area contributed by atoms with E-state index in [4.69, 9.17) is 5.26 Å². The van der Waals surface area contributed by atoms with E-state index in [2.05, 4.69) is 41.7 Å². The Morgan fingerprint density at radius 3 is 1.60 bits per heavy atom. The van der Waals surface area contributed by atoms with Crippen LogP contribution in [-0.2, 0) is 0 Å². The molecule has 3 heteroatoms. The van der Waals surface area contributed by atoms with Crippen LogP contribution in [0.2, 0.25) is 0 Å². The minimum Gasteiger partial charge on any atom is -0.287 e. The van der Waals surface area contributed by atoms with E-state index in [9.17, 15) is 5.26 Å².